The maximum absolute atomic E-state index is 12.7. The Balaban J connectivity index is 0.000001000. The summed E-state index contributed by atoms with van der Waals surface area (Å²) in [7, 11) is 0. The van der Waals surface area contributed by atoms with E-state index in [1.807, 2.05) is 0 Å². The quantitative estimate of drug-likeness (QED) is 0.626. The van der Waals surface area contributed by atoms with E-state index in [2.05, 4.69) is 5.32 Å². The van der Waals surface area contributed by atoms with Crippen molar-refractivity contribution < 1.29 is 14.3 Å². The summed E-state index contributed by atoms with van der Waals surface area (Å²) in [6, 6.07) is -0.978. The van der Waals surface area contributed by atoms with E-state index in [0.29, 0.717) is 13.0 Å². The molecular formula is C6H11ClFNO2. The number of rotatable bonds is 1. The van der Waals surface area contributed by atoms with E-state index in [9.17, 15) is 9.18 Å². The summed E-state index contributed by atoms with van der Waals surface area (Å²) in [6.45, 7) is 0.609. The fraction of sp³-hybridized carbons (Fsp3) is 0.833. The van der Waals surface area contributed by atoms with Gasteiger partial charge >= 0.3 is 5.97 Å². The van der Waals surface area contributed by atoms with Gasteiger partial charge in [-0.25, -0.2) is 4.39 Å². The molecule has 1 heterocycles. The molecule has 0 aliphatic carbocycles. The van der Waals surface area contributed by atoms with E-state index in [1.54, 1.807) is 0 Å². The van der Waals surface area contributed by atoms with Crippen molar-refractivity contribution in [1.82, 2.24) is 5.32 Å². The summed E-state index contributed by atoms with van der Waals surface area (Å²) in [5, 5.41) is 11.0. The van der Waals surface area contributed by atoms with Crippen LogP contribution in [0, 0.1) is 0 Å². The van der Waals surface area contributed by atoms with Crippen LogP contribution in [0.25, 0.3) is 0 Å². The molecule has 0 amide bonds. The summed E-state index contributed by atoms with van der Waals surface area (Å²) in [5.74, 6) is -1.09. The number of carboxylic acid groups (broad SMARTS) is 1. The van der Waals surface area contributed by atoms with Gasteiger partial charge in [0.15, 0.2) is 0 Å². The molecule has 1 aliphatic heterocycles. The zero-order chi connectivity index (χ0) is 7.56. The van der Waals surface area contributed by atoms with E-state index in [-0.39, 0.29) is 12.4 Å². The lowest BCUT2D eigenvalue weighted by molar-refractivity contribution is -0.141. The van der Waals surface area contributed by atoms with Crippen molar-refractivity contribution in [3.8, 4) is 0 Å². The van der Waals surface area contributed by atoms with Gasteiger partial charge in [0.1, 0.15) is 12.2 Å². The number of hydrogen-bond donors (Lipinski definition) is 2. The molecule has 0 saturated carbocycles. The minimum atomic E-state index is -1.22. The van der Waals surface area contributed by atoms with Crippen LogP contribution in [0.1, 0.15) is 12.8 Å². The molecule has 0 aromatic carbocycles. The van der Waals surface area contributed by atoms with Crippen LogP contribution in [0.3, 0.4) is 0 Å². The van der Waals surface area contributed by atoms with Crippen LogP contribution in [0.2, 0.25) is 0 Å². The largest absolute Gasteiger partial charge is 0.480 e. The Labute approximate surface area is 70.4 Å². The molecule has 3 nitrogen and oxygen atoms in total. The highest BCUT2D eigenvalue weighted by atomic mass is 35.5. The minimum Gasteiger partial charge on any atom is -0.480 e. The number of hydrogen-bond acceptors (Lipinski definition) is 2. The summed E-state index contributed by atoms with van der Waals surface area (Å²) in [6.07, 6.45) is -0.124. The SMILES string of the molecule is Cl.O=C(O)[C@@H]1NCCC[C@@H]1F. The number of alkyl halides is 1. The standard InChI is InChI=1S/C6H10FNO2.ClH/c7-4-2-1-3-8-5(4)6(9)10;/h4-5,8H,1-3H2,(H,9,10);1H/t4-,5+;/m0./s1. The van der Waals surface area contributed by atoms with Gasteiger partial charge in [-0.05, 0) is 19.4 Å². The van der Waals surface area contributed by atoms with Crippen LogP contribution in [-0.2, 0) is 4.79 Å². The summed E-state index contributed by atoms with van der Waals surface area (Å²) < 4.78 is 12.7. The zero-order valence-electron chi connectivity index (χ0n) is 5.92. The van der Waals surface area contributed by atoms with Crippen molar-refractivity contribution in [2.45, 2.75) is 25.1 Å². The Bertz CT molecular complexity index is 145. The van der Waals surface area contributed by atoms with Gasteiger partial charge in [0, 0.05) is 0 Å². The molecule has 1 aliphatic rings. The fourth-order valence-corrected chi connectivity index (χ4v) is 1.09. The Hall–Kier alpha value is -0.350. The van der Waals surface area contributed by atoms with Gasteiger partial charge in [0.05, 0.1) is 0 Å². The number of aliphatic carboxylic acids is 1. The van der Waals surface area contributed by atoms with Gasteiger partial charge in [-0.1, -0.05) is 0 Å². The normalized spacial score (nSPS) is 30.6. The summed E-state index contributed by atoms with van der Waals surface area (Å²) in [4.78, 5) is 10.3. The molecular weight excluding hydrogens is 173 g/mol. The molecule has 5 heteroatoms. The van der Waals surface area contributed by atoms with Crippen molar-refractivity contribution in [3.05, 3.63) is 0 Å². The minimum absolute atomic E-state index is 0. The third kappa shape index (κ3) is 2.63. The Morgan fingerprint density at radius 2 is 2.27 bits per heavy atom. The first-order chi connectivity index (χ1) is 4.72. The lowest BCUT2D eigenvalue weighted by atomic mass is 10.0. The van der Waals surface area contributed by atoms with E-state index in [1.165, 1.54) is 0 Å². The lowest BCUT2D eigenvalue weighted by Crippen LogP contribution is -2.48. The highest BCUT2D eigenvalue weighted by Crippen LogP contribution is 2.11. The Kier molecular flexibility index (Phi) is 4.37. The molecule has 0 radical (unpaired) electrons. The molecule has 1 fully saturated rings. The van der Waals surface area contributed by atoms with E-state index in [4.69, 9.17) is 5.11 Å². The molecule has 0 aromatic rings. The lowest BCUT2D eigenvalue weighted by Gasteiger charge is -2.23. The number of piperidine rings is 1. The second-order valence-corrected chi connectivity index (χ2v) is 2.43. The van der Waals surface area contributed by atoms with Gasteiger partial charge in [-0.2, -0.15) is 0 Å². The topological polar surface area (TPSA) is 49.3 Å². The molecule has 2 N–H and O–H groups in total. The fourth-order valence-electron chi connectivity index (χ4n) is 1.09. The highest BCUT2D eigenvalue weighted by molar-refractivity contribution is 5.85. The number of carboxylic acids is 1. The molecule has 0 bridgehead atoms. The van der Waals surface area contributed by atoms with E-state index >= 15 is 0 Å². The molecule has 0 unspecified atom stereocenters. The van der Waals surface area contributed by atoms with Gasteiger partial charge in [0.2, 0.25) is 0 Å². The molecule has 11 heavy (non-hydrogen) atoms. The summed E-state index contributed by atoms with van der Waals surface area (Å²) in [5.41, 5.74) is 0. The smallest absolute Gasteiger partial charge is 0.323 e. The van der Waals surface area contributed by atoms with E-state index in [0.717, 1.165) is 6.42 Å². The molecule has 66 valence electrons. The number of nitrogens with one attached hydrogen (secondary N) is 1. The molecule has 1 rings (SSSR count). The van der Waals surface area contributed by atoms with E-state index < -0.39 is 18.2 Å². The number of carbonyl (C=O) groups is 1. The van der Waals surface area contributed by atoms with Crippen LogP contribution >= 0.6 is 12.4 Å². The van der Waals surface area contributed by atoms with Crippen LogP contribution in [0.4, 0.5) is 4.39 Å². The second kappa shape index (κ2) is 4.51. The van der Waals surface area contributed by atoms with Crippen LogP contribution in [-0.4, -0.2) is 29.8 Å². The highest BCUT2D eigenvalue weighted by Gasteiger charge is 2.29. The van der Waals surface area contributed by atoms with Crippen molar-refractivity contribution >= 4 is 18.4 Å². The molecule has 0 aromatic heterocycles. The van der Waals surface area contributed by atoms with Crippen molar-refractivity contribution in [2.75, 3.05) is 6.54 Å². The van der Waals surface area contributed by atoms with Gasteiger partial charge in [-0.15, -0.1) is 12.4 Å². The van der Waals surface area contributed by atoms with Crippen LogP contribution < -0.4 is 5.32 Å². The average Bonchev–Trinajstić information content (AvgIpc) is 1.88. The van der Waals surface area contributed by atoms with Crippen molar-refractivity contribution in [2.24, 2.45) is 0 Å². The second-order valence-electron chi connectivity index (χ2n) is 2.43. The Morgan fingerprint density at radius 1 is 1.64 bits per heavy atom. The summed E-state index contributed by atoms with van der Waals surface area (Å²) >= 11 is 0. The zero-order valence-corrected chi connectivity index (χ0v) is 6.73. The predicted octanol–water partition coefficient (Wildman–Crippen LogP) is 0.583. The predicted molar refractivity (Wildman–Crippen MR) is 40.8 cm³/mol. The third-order valence-corrected chi connectivity index (χ3v) is 1.65. The van der Waals surface area contributed by atoms with Gasteiger partial charge in [0.25, 0.3) is 0 Å². The monoisotopic (exact) mass is 183 g/mol. The maximum Gasteiger partial charge on any atom is 0.323 e. The van der Waals surface area contributed by atoms with Crippen molar-refractivity contribution in [3.63, 3.8) is 0 Å². The Morgan fingerprint density at radius 3 is 2.64 bits per heavy atom. The van der Waals surface area contributed by atoms with Gasteiger partial charge in [-0.3, -0.25) is 4.79 Å². The maximum atomic E-state index is 12.7. The average molecular weight is 184 g/mol. The number of halogens is 2. The first kappa shape index (κ1) is 10.7. The van der Waals surface area contributed by atoms with Crippen LogP contribution in [0.5, 0.6) is 0 Å². The first-order valence-electron chi connectivity index (χ1n) is 3.32. The van der Waals surface area contributed by atoms with Gasteiger partial charge < -0.3 is 10.4 Å². The molecule has 1 saturated heterocycles. The first-order valence-corrected chi connectivity index (χ1v) is 3.32. The van der Waals surface area contributed by atoms with Crippen LogP contribution in [0.15, 0.2) is 0 Å². The molecule has 2 atom stereocenters. The third-order valence-electron chi connectivity index (χ3n) is 1.65. The molecule has 0 spiro atoms. The van der Waals surface area contributed by atoms with Crippen molar-refractivity contribution in [1.29, 1.82) is 0 Å².